The number of piperidine rings is 1. The zero-order valence-corrected chi connectivity index (χ0v) is 10.8. The van der Waals surface area contributed by atoms with E-state index in [2.05, 4.69) is 0 Å². The van der Waals surface area contributed by atoms with Crippen molar-refractivity contribution >= 4 is 10.0 Å². The summed E-state index contributed by atoms with van der Waals surface area (Å²) in [4.78, 5) is 0. The first-order valence-electron chi connectivity index (χ1n) is 5.98. The summed E-state index contributed by atoms with van der Waals surface area (Å²) in [5, 5.41) is 8.02. The molecule has 1 aliphatic rings. The second-order valence-corrected chi connectivity index (χ2v) is 6.31. The molecule has 0 aromatic rings. The molecule has 1 heterocycles. The van der Waals surface area contributed by atoms with Crippen LogP contribution in [0.1, 0.15) is 46.0 Å². The van der Waals surface area contributed by atoms with Gasteiger partial charge in [-0.05, 0) is 25.7 Å². The van der Waals surface area contributed by atoms with Crippen molar-refractivity contribution in [2.24, 2.45) is 0 Å². The molecular formula is C11H20N2O2S. The Morgan fingerprint density at radius 1 is 1.44 bits per heavy atom. The van der Waals surface area contributed by atoms with Gasteiger partial charge in [0, 0.05) is 12.6 Å². The van der Waals surface area contributed by atoms with Gasteiger partial charge in [0.25, 0.3) is 0 Å². The van der Waals surface area contributed by atoms with E-state index in [4.69, 9.17) is 5.26 Å². The van der Waals surface area contributed by atoms with Crippen molar-refractivity contribution in [3.63, 3.8) is 0 Å². The zero-order valence-electron chi connectivity index (χ0n) is 10.0. The van der Waals surface area contributed by atoms with Crippen molar-refractivity contribution in [1.82, 2.24) is 4.31 Å². The van der Waals surface area contributed by atoms with Gasteiger partial charge in [-0.25, -0.2) is 8.42 Å². The summed E-state index contributed by atoms with van der Waals surface area (Å²) in [6.07, 6.45) is 4.13. The molecule has 0 spiro atoms. The van der Waals surface area contributed by atoms with Gasteiger partial charge in [-0.1, -0.05) is 20.3 Å². The Balaban J connectivity index is 2.93. The van der Waals surface area contributed by atoms with Gasteiger partial charge in [-0.15, -0.1) is 0 Å². The van der Waals surface area contributed by atoms with E-state index in [9.17, 15) is 8.42 Å². The highest BCUT2D eigenvalue weighted by molar-refractivity contribution is 7.90. The first-order valence-corrected chi connectivity index (χ1v) is 7.48. The fourth-order valence-corrected chi connectivity index (χ4v) is 4.18. The Morgan fingerprint density at radius 2 is 2.12 bits per heavy atom. The van der Waals surface area contributed by atoms with Crippen molar-refractivity contribution < 1.29 is 8.42 Å². The van der Waals surface area contributed by atoms with Crippen molar-refractivity contribution in [3.8, 4) is 6.07 Å². The molecule has 0 radical (unpaired) electrons. The molecule has 5 heteroatoms. The second kappa shape index (κ2) is 5.65. The fourth-order valence-electron chi connectivity index (χ4n) is 2.25. The lowest BCUT2D eigenvalue weighted by Crippen LogP contribution is -2.47. The number of hydrogen-bond donors (Lipinski definition) is 0. The molecular weight excluding hydrogens is 224 g/mol. The van der Waals surface area contributed by atoms with Crippen LogP contribution in [0.3, 0.4) is 0 Å². The summed E-state index contributed by atoms with van der Waals surface area (Å²) in [6, 6.07) is 2.00. The lowest BCUT2D eigenvalue weighted by molar-refractivity contribution is 0.245. The van der Waals surface area contributed by atoms with Crippen LogP contribution in [0.15, 0.2) is 0 Å². The van der Waals surface area contributed by atoms with E-state index in [1.54, 1.807) is 11.2 Å². The Labute approximate surface area is 98.3 Å². The molecule has 0 aromatic carbocycles. The van der Waals surface area contributed by atoms with Crippen molar-refractivity contribution in [2.75, 3.05) is 6.54 Å². The average molecular weight is 244 g/mol. The molecule has 0 aliphatic carbocycles. The van der Waals surface area contributed by atoms with Crippen LogP contribution in [0.2, 0.25) is 0 Å². The SMILES string of the molecule is CCC1CCCCN1S(=O)(=O)C(C#N)CC. The lowest BCUT2D eigenvalue weighted by Gasteiger charge is -2.35. The zero-order chi connectivity index (χ0) is 12.2. The number of hydrogen-bond acceptors (Lipinski definition) is 3. The van der Waals surface area contributed by atoms with E-state index >= 15 is 0 Å². The Bertz CT molecular complexity index is 359. The molecule has 0 N–H and O–H groups in total. The van der Waals surface area contributed by atoms with Gasteiger partial charge < -0.3 is 0 Å². The lowest BCUT2D eigenvalue weighted by atomic mass is 10.0. The highest BCUT2D eigenvalue weighted by Gasteiger charge is 2.36. The van der Waals surface area contributed by atoms with Gasteiger partial charge in [0.05, 0.1) is 6.07 Å². The summed E-state index contributed by atoms with van der Waals surface area (Å²) in [5.41, 5.74) is 0. The summed E-state index contributed by atoms with van der Waals surface area (Å²) >= 11 is 0. The maximum absolute atomic E-state index is 12.2. The highest BCUT2D eigenvalue weighted by Crippen LogP contribution is 2.25. The largest absolute Gasteiger partial charge is 0.230 e. The Morgan fingerprint density at radius 3 is 2.62 bits per heavy atom. The third kappa shape index (κ3) is 2.55. The van der Waals surface area contributed by atoms with Crippen molar-refractivity contribution in [3.05, 3.63) is 0 Å². The molecule has 1 saturated heterocycles. The van der Waals surface area contributed by atoms with E-state index in [1.165, 1.54) is 0 Å². The van der Waals surface area contributed by atoms with Crippen LogP contribution in [0.25, 0.3) is 0 Å². The molecule has 16 heavy (non-hydrogen) atoms. The quantitative estimate of drug-likeness (QED) is 0.758. The first kappa shape index (κ1) is 13.5. The summed E-state index contributed by atoms with van der Waals surface area (Å²) in [7, 11) is -3.41. The number of nitrogens with zero attached hydrogens (tertiary/aromatic N) is 2. The van der Waals surface area contributed by atoms with Crippen LogP contribution < -0.4 is 0 Å². The van der Waals surface area contributed by atoms with E-state index in [0.29, 0.717) is 13.0 Å². The first-order chi connectivity index (χ1) is 7.57. The molecule has 1 rings (SSSR count). The van der Waals surface area contributed by atoms with Gasteiger partial charge in [0.1, 0.15) is 0 Å². The standard InChI is InChI=1S/C11H20N2O2S/c1-3-10-7-5-6-8-13(10)16(14,15)11(4-2)9-12/h10-11H,3-8H2,1-2H3. The van der Waals surface area contributed by atoms with E-state index in [-0.39, 0.29) is 6.04 Å². The molecule has 2 atom stereocenters. The maximum Gasteiger partial charge on any atom is 0.230 e. The van der Waals surface area contributed by atoms with Gasteiger partial charge in [-0.3, -0.25) is 0 Å². The van der Waals surface area contributed by atoms with E-state index in [1.807, 2.05) is 13.0 Å². The number of rotatable bonds is 4. The third-order valence-corrected chi connectivity index (χ3v) is 5.54. The van der Waals surface area contributed by atoms with E-state index in [0.717, 1.165) is 25.7 Å². The molecule has 92 valence electrons. The molecule has 2 unspecified atom stereocenters. The molecule has 1 aliphatic heterocycles. The third-order valence-electron chi connectivity index (χ3n) is 3.25. The van der Waals surface area contributed by atoms with Crippen LogP contribution in [0.4, 0.5) is 0 Å². The van der Waals surface area contributed by atoms with Gasteiger partial charge in [0.2, 0.25) is 10.0 Å². The van der Waals surface area contributed by atoms with Crippen LogP contribution in [-0.2, 0) is 10.0 Å². The van der Waals surface area contributed by atoms with Crippen LogP contribution in [0.5, 0.6) is 0 Å². The molecule has 0 amide bonds. The van der Waals surface area contributed by atoms with E-state index < -0.39 is 15.3 Å². The molecule has 4 nitrogen and oxygen atoms in total. The number of nitriles is 1. The van der Waals surface area contributed by atoms with Crippen LogP contribution >= 0.6 is 0 Å². The van der Waals surface area contributed by atoms with Gasteiger partial charge in [0.15, 0.2) is 5.25 Å². The van der Waals surface area contributed by atoms with Gasteiger partial charge >= 0.3 is 0 Å². The minimum Gasteiger partial charge on any atom is -0.211 e. The minimum absolute atomic E-state index is 0.0983. The minimum atomic E-state index is -3.41. The summed E-state index contributed by atoms with van der Waals surface area (Å²) in [6.45, 7) is 4.33. The average Bonchev–Trinajstić information content (AvgIpc) is 2.30. The predicted molar refractivity (Wildman–Crippen MR) is 63.2 cm³/mol. The van der Waals surface area contributed by atoms with Crippen molar-refractivity contribution in [1.29, 1.82) is 5.26 Å². The van der Waals surface area contributed by atoms with Crippen LogP contribution in [-0.4, -0.2) is 30.6 Å². The fraction of sp³-hybridized carbons (Fsp3) is 0.909. The van der Waals surface area contributed by atoms with Gasteiger partial charge in [-0.2, -0.15) is 9.57 Å². The predicted octanol–water partition coefficient (Wildman–Crippen LogP) is 1.88. The maximum atomic E-state index is 12.2. The highest BCUT2D eigenvalue weighted by atomic mass is 32.2. The smallest absolute Gasteiger partial charge is 0.211 e. The molecule has 0 aromatic heterocycles. The summed E-state index contributed by atoms with van der Waals surface area (Å²) < 4.78 is 26.0. The van der Waals surface area contributed by atoms with Crippen molar-refractivity contribution in [2.45, 2.75) is 57.2 Å². The monoisotopic (exact) mass is 244 g/mol. The van der Waals surface area contributed by atoms with Crippen LogP contribution in [0, 0.1) is 11.3 Å². The molecule has 0 saturated carbocycles. The topological polar surface area (TPSA) is 61.2 Å². The second-order valence-electron chi connectivity index (χ2n) is 4.24. The number of sulfonamides is 1. The Hall–Kier alpha value is -0.600. The molecule has 0 bridgehead atoms. The Kier molecular flexibility index (Phi) is 4.75. The molecule has 1 fully saturated rings. The summed E-state index contributed by atoms with van der Waals surface area (Å²) in [5.74, 6) is 0. The normalized spacial score (nSPS) is 24.9.